The van der Waals surface area contributed by atoms with Crippen LogP contribution in [0, 0.1) is 5.82 Å². The molecular weight excluding hydrogens is 557 g/mol. The summed E-state index contributed by atoms with van der Waals surface area (Å²) < 4.78 is 32.3. The van der Waals surface area contributed by atoms with Crippen molar-refractivity contribution in [3.8, 4) is 26.9 Å². The van der Waals surface area contributed by atoms with Crippen molar-refractivity contribution >= 4 is 34.8 Å². The van der Waals surface area contributed by atoms with Gasteiger partial charge in [-0.1, -0.05) is 22.9 Å². The van der Waals surface area contributed by atoms with Crippen LogP contribution in [0.25, 0.3) is 21.1 Å². The van der Waals surface area contributed by atoms with Crippen molar-refractivity contribution in [3.05, 3.63) is 41.3 Å². The number of hydrogen-bond donors (Lipinski definition) is 0. The number of rotatable bonds is 7. The van der Waals surface area contributed by atoms with E-state index in [9.17, 15) is 4.79 Å². The molecule has 1 atom stereocenters. The Morgan fingerprint density at radius 1 is 1.27 bits per heavy atom. The molecule has 0 saturated carbocycles. The van der Waals surface area contributed by atoms with Crippen molar-refractivity contribution < 1.29 is 23.4 Å². The maximum Gasteiger partial charge on any atom is 0.413 e. The second-order valence-electron chi connectivity index (χ2n) is 11.4. The first-order valence-electron chi connectivity index (χ1n) is 13.0. The molecule has 1 aliphatic rings. The van der Waals surface area contributed by atoms with E-state index in [1.807, 2.05) is 19.2 Å². The lowest BCUT2D eigenvalue weighted by molar-refractivity contribution is -0.0637. The van der Waals surface area contributed by atoms with Gasteiger partial charge in [0.25, 0.3) is 0 Å². The molecule has 1 fully saturated rings. The maximum absolute atomic E-state index is 15.2. The number of anilines is 1. The van der Waals surface area contributed by atoms with E-state index in [1.54, 1.807) is 40.8 Å². The molecular formula is C28H35ClFN5O4S. The summed E-state index contributed by atoms with van der Waals surface area (Å²) in [5.74, 6) is 0.168. The summed E-state index contributed by atoms with van der Waals surface area (Å²) in [6.45, 7) is 13.3. The van der Waals surface area contributed by atoms with Crippen molar-refractivity contribution in [1.82, 2.24) is 20.1 Å². The predicted octanol–water partition coefficient (Wildman–Crippen LogP) is 6.66. The first kappa shape index (κ1) is 30.0. The van der Waals surface area contributed by atoms with E-state index in [4.69, 9.17) is 25.8 Å². The van der Waals surface area contributed by atoms with Crippen LogP contribution < -0.4 is 9.64 Å². The minimum Gasteiger partial charge on any atom is -0.488 e. The first-order valence-corrected chi connectivity index (χ1v) is 14.2. The van der Waals surface area contributed by atoms with Gasteiger partial charge in [-0.05, 0) is 66.7 Å². The van der Waals surface area contributed by atoms with Gasteiger partial charge in [0.2, 0.25) is 0 Å². The maximum atomic E-state index is 15.2. The van der Waals surface area contributed by atoms with E-state index in [0.717, 1.165) is 11.4 Å². The number of halogens is 2. The molecule has 2 aromatic heterocycles. The Balaban J connectivity index is 1.50. The number of carbonyl (C=O) groups excluding carboxylic acids is 1. The van der Waals surface area contributed by atoms with Gasteiger partial charge in [-0.3, -0.25) is 4.90 Å². The minimum absolute atomic E-state index is 0.00652. The van der Waals surface area contributed by atoms with Crippen LogP contribution in [-0.2, 0) is 9.47 Å². The fraction of sp³-hybridized carbons (Fsp3) is 0.500. The van der Waals surface area contributed by atoms with Crippen molar-refractivity contribution in [1.29, 1.82) is 0 Å². The summed E-state index contributed by atoms with van der Waals surface area (Å²) in [6, 6.07) is 6.30. The number of hydrogen-bond acceptors (Lipinski definition) is 9. The summed E-state index contributed by atoms with van der Waals surface area (Å²) in [5, 5.41) is 9.96. The Labute approximate surface area is 243 Å². The van der Waals surface area contributed by atoms with E-state index in [0.29, 0.717) is 15.6 Å². The molecule has 4 rings (SSSR count). The molecule has 1 saturated heterocycles. The second-order valence-corrected chi connectivity index (χ2v) is 12.7. The molecule has 1 aliphatic heterocycles. The van der Waals surface area contributed by atoms with Gasteiger partial charge in [0.1, 0.15) is 33.8 Å². The summed E-state index contributed by atoms with van der Waals surface area (Å²) in [6.07, 6.45) is 1.20. The molecule has 9 nitrogen and oxygen atoms in total. The predicted molar refractivity (Wildman–Crippen MR) is 154 cm³/mol. The summed E-state index contributed by atoms with van der Waals surface area (Å²) in [4.78, 5) is 20.8. The smallest absolute Gasteiger partial charge is 0.413 e. The molecule has 0 spiro atoms. The Hall–Kier alpha value is -3.02. The van der Waals surface area contributed by atoms with Crippen molar-refractivity contribution in [2.75, 3.05) is 25.2 Å². The molecule has 3 heterocycles. The first-order chi connectivity index (χ1) is 18.7. The fourth-order valence-corrected chi connectivity index (χ4v) is 5.30. The monoisotopic (exact) mass is 591 g/mol. The Bertz CT molecular complexity index is 1380. The van der Waals surface area contributed by atoms with Crippen molar-refractivity contribution in [2.45, 2.75) is 71.9 Å². The number of ether oxygens (including phenoxy) is 3. The molecule has 0 unspecified atom stereocenters. The summed E-state index contributed by atoms with van der Waals surface area (Å²) in [7, 11) is 1.98. The zero-order valence-electron chi connectivity index (χ0n) is 24.0. The summed E-state index contributed by atoms with van der Waals surface area (Å²) >= 11 is 7.85. The largest absolute Gasteiger partial charge is 0.488 e. The SMILES string of the molecule is CC(C)N(C)c1cc(-c2nnc(-c3cc(F)c(OC[C@H]4COC(C)(C)N4C(=O)OC(C)(C)C)cc3Cl)s2)ccn1. The van der Waals surface area contributed by atoms with Gasteiger partial charge in [-0.25, -0.2) is 14.2 Å². The molecule has 40 heavy (non-hydrogen) atoms. The van der Waals surface area contributed by atoms with E-state index in [1.165, 1.54) is 28.4 Å². The van der Waals surface area contributed by atoms with Gasteiger partial charge in [-0.15, -0.1) is 10.2 Å². The Morgan fingerprint density at radius 3 is 2.65 bits per heavy atom. The zero-order valence-corrected chi connectivity index (χ0v) is 25.6. The molecule has 1 aromatic carbocycles. The molecule has 12 heteroatoms. The van der Waals surface area contributed by atoms with Gasteiger partial charge in [-0.2, -0.15) is 0 Å². The highest BCUT2D eigenvalue weighted by Gasteiger charge is 2.46. The fourth-order valence-electron chi connectivity index (χ4n) is 4.13. The number of carbonyl (C=O) groups is 1. The molecule has 1 amide bonds. The number of aromatic nitrogens is 3. The number of amides is 1. The van der Waals surface area contributed by atoms with Crippen molar-refractivity contribution in [3.63, 3.8) is 0 Å². The average Bonchev–Trinajstić information content (AvgIpc) is 3.47. The highest BCUT2D eigenvalue weighted by atomic mass is 35.5. The van der Waals surface area contributed by atoms with Crippen LogP contribution in [0.15, 0.2) is 30.5 Å². The van der Waals surface area contributed by atoms with Crippen LogP contribution in [0.1, 0.15) is 48.5 Å². The standard InChI is InChI=1S/C28H35ClFN5O4S/c1-16(2)34(8)23-11-17(9-10-31-23)24-32-33-25(40-24)19-12-21(30)22(13-20(19)29)37-14-18-15-38-28(6,7)35(18)26(36)39-27(3,4)5/h9-13,16,18H,14-15H2,1-8H3/t18-/m0/s1. The Kier molecular flexibility index (Phi) is 8.58. The van der Waals surface area contributed by atoms with Crippen LogP contribution >= 0.6 is 22.9 Å². The lowest BCUT2D eigenvalue weighted by Gasteiger charge is -2.35. The molecule has 0 N–H and O–H groups in total. The molecule has 3 aromatic rings. The molecule has 0 radical (unpaired) electrons. The Morgan fingerprint density at radius 2 is 1.98 bits per heavy atom. The zero-order chi connectivity index (χ0) is 29.4. The quantitative estimate of drug-likeness (QED) is 0.301. The van der Waals surface area contributed by atoms with Gasteiger partial charge in [0.05, 0.1) is 17.7 Å². The average molecular weight is 592 g/mol. The van der Waals surface area contributed by atoms with Crippen LogP contribution in [-0.4, -0.2) is 69.8 Å². The lowest BCUT2D eigenvalue weighted by atomic mass is 10.2. The van der Waals surface area contributed by atoms with Gasteiger partial charge >= 0.3 is 6.09 Å². The highest BCUT2D eigenvalue weighted by molar-refractivity contribution is 7.18. The van der Waals surface area contributed by atoms with Crippen LogP contribution in [0.4, 0.5) is 15.0 Å². The third-order valence-electron chi connectivity index (χ3n) is 6.40. The minimum atomic E-state index is -0.897. The molecule has 0 bridgehead atoms. The van der Waals surface area contributed by atoms with E-state index < -0.39 is 29.3 Å². The van der Waals surface area contributed by atoms with Gasteiger partial charge in [0.15, 0.2) is 11.6 Å². The lowest BCUT2D eigenvalue weighted by Crippen LogP contribution is -2.51. The van der Waals surface area contributed by atoms with Gasteiger partial charge in [0, 0.05) is 36.5 Å². The van der Waals surface area contributed by atoms with Gasteiger partial charge < -0.3 is 19.1 Å². The van der Waals surface area contributed by atoms with Crippen LogP contribution in [0.2, 0.25) is 5.02 Å². The number of pyridine rings is 1. The van der Waals surface area contributed by atoms with E-state index >= 15 is 4.39 Å². The third kappa shape index (κ3) is 6.64. The van der Waals surface area contributed by atoms with Crippen molar-refractivity contribution in [2.24, 2.45) is 0 Å². The van der Waals surface area contributed by atoms with E-state index in [2.05, 4.69) is 33.9 Å². The second kappa shape index (κ2) is 11.5. The number of benzene rings is 1. The topological polar surface area (TPSA) is 89.9 Å². The van der Waals surface area contributed by atoms with E-state index in [-0.39, 0.29) is 30.0 Å². The normalized spacial score (nSPS) is 16.9. The van der Waals surface area contributed by atoms with Crippen LogP contribution in [0.3, 0.4) is 0 Å². The highest BCUT2D eigenvalue weighted by Crippen LogP contribution is 2.38. The molecule has 0 aliphatic carbocycles. The third-order valence-corrected chi connectivity index (χ3v) is 7.72. The summed E-state index contributed by atoms with van der Waals surface area (Å²) in [5.41, 5.74) is -0.310. The number of nitrogens with zero attached hydrogens (tertiary/aromatic N) is 5. The van der Waals surface area contributed by atoms with Crippen LogP contribution in [0.5, 0.6) is 5.75 Å². The molecule has 216 valence electrons.